The second kappa shape index (κ2) is 13.9. The summed E-state index contributed by atoms with van der Waals surface area (Å²) in [4.78, 5) is 2.50. The molecule has 0 fully saturated rings. The van der Waals surface area contributed by atoms with Crippen LogP contribution in [0.2, 0.25) is 0 Å². The molecule has 0 spiro atoms. The van der Waals surface area contributed by atoms with Crippen LogP contribution in [0, 0.1) is 0 Å². The van der Waals surface area contributed by atoms with Crippen LogP contribution in [0.5, 0.6) is 0 Å². The molecule has 294 valence electrons. The Hall–Kier alpha value is -8.20. The van der Waals surface area contributed by atoms with Crippen LogP contribution in [0.15, 0.2) is 241 Å². The third-order valence-corrected chi connectivity index (χ3v) is 13.5. The van der Waals surface area contributed by atoms with Crippen molar-refractivity contribution >= 4 is 71.3 Å². The summed E-state index contributed by atoms with van der Waals surface area (Å²) in [5.74, 6) is 0. The van der Waals surface area contributed by atoms with Gasteiger partial charge in [0.05, 0.1) is 16.8 Å². The number of hydrogen-bond donors (Lipinski definition) is 0. The summed E-state index contributed by atoms with van der Waals surface area (Å²) in [6, 6.07) is 86.7. The van der Waals surface area contributed by atoms with Crippen molar-refractivity contribution in [2.45, 2.75) is 5.41 Å². The molecule has 1 aliphatic rings. The lowest BCUT2D eigenvalue weighted by Gasteiger charge is -2.34. The maximum absolute atomic E-state index is 6.66. The number of fused-ring (bicyclic) bond motifs is 11. The average Bonchev–Trinajstić information content (AvgIpc) is 3.89. The van der Waals surface area contributed by atoms with Gasteiger partial charge < -0.3 is 9.32 Å². The van der Waals surface area contributed by atoms with E-state index in [-0.39, 0.29) is 0 Å². The Morgan fingerprint density at radius 1 is 0.349 bits per heavy atom. The van der Waals surface area contributed by atoms with Gasteiger partial charge >= 0.3 is 0 Å². The number of anilines is 3. The van der Waals surface area contributed by atoms with Crippen molar-refractivity contribution in [3.8, 4) is 22.3 Å². The van der Waals surface area contributed by atoms with Crippen molar-refractivity contribution in [3.05, 3.63) is 259 Å². The summed E-state index contributed by atoms with van der Waals surface area (Å²) >= 11 is 0. The first-order valence-electron chi connectivity index (χ1n) is 21.8. The Labute approximate surface area is 365 Å². The average molecular weight is 802 g/mol. The van der Waals surface area contributed by atoms with Gasteiger partial charge in [0, 0.05) is 32.8 Å². The second-order valence-electron chi connectivity index (χ2n) is 16.7. The molecule has 2 nitrogen and oxygen atoms in total. The maximum atomic E-state index is 6.66. The summed E-state index contributed by atoms with van der Waals surface area (Å²) in [6.45, 7) is 0. The molecule has 2 heteroatoms. The first-order chi connectivity index (χ1) is 31.3. The molecule has 13 rings (SSSR count). The molecule has 0 saturated heterocycles. The summed E-state index contributed by atoms with van der Waals surface area (Å²) < 4.78 is 6.66. The van der Waals surface area contributed by atoms with Crippen molar-refractivity contribution in [3.63, 3.8) is 0 Å². The standard InChI is InChI=1S/C61H39NO/c1-3-17-44(18-4-1)61(45-19-5-2-6-20-45)54-26-13-11-25-52(54)59-55(61)27-15-28-56(59)62(57-39-53-50-23-12-14-29-58(50)63-60(53)51-24-10-9-22-49(51)57)46-35-32-40(33-36-46)42-34-37-48-43(38-42)31-30-41-16-7-8-21-47(41)48/h1-39H. The quantitative estimate of drug-likeness (QED) is 0.156. The molecular formula is C61H39NO. The van der Waals surface area contributed by atoms with E-state index < -0.39 is 5.41 Å². The molecule has 12 aromatic rings. The maximum Gasteiger partial charge on any atom is 0.143 e. The van der Waals surface area contributed by atoms with Crippen LogP contribution in [0.25, 0.3) is 76.5 Å². The van der Waals surface area contributed by atoms with Crippen molar-refractivity contribution in [1.82, 2.24) is 0 Å². The third-order valence-electron chi connectivity index (χ3n) is 13.5. The van der Waals surface area contributed by atoms with E-state index in [1.54, 1.807) is 0 Å². The Balaban J connectivity index is 1.08. The highest BCUT2D eigenvalue weighted by atomic mass is 16.3. The number of furan rings is 1. The zero-order valence-electron chi connectivity index (χ0n) is 34.4. The summed E-state index contributed by atoms with van der Waals surface area (Å²) in [5.41, 5.74) is 14.4. The van der Waals surface area contributed by atoms with Crippen molar-refractivity contribution in [1.29, 1.82) is 0 Å². The Kier molecular flexibility index (Phi) is 7.85. The number of nitrogens with zero attached hydrogens (tertiary/aromatic N) is 1. The zero-order valence-corrected chi connectivity index (χ0v) is 34.4. The molecule has 0 aliphatic heterocycles. The molecule has 0 saturated carbocycles. The minimum Gasteiger partial charge on any atom is -0.455 e. The van der Waals surface area contributed by atoms with Gasteiger partial charge in [-0.15, -0.1) is 0 Å². The van der Waals surface area contributed by atoms with Gasteiger partial charge in [0.15, 0.2) is 0 Å². The molecule has 11 aromatic carbocycles. The normalized spacial score (nSPS) is 12.9. The number of hydrogen-bond acceptors (Lipinski definition) is 2. The lowest BCUT2D eigenvalue weighted by Crippen LogP contribution is -2.28. The molecule has 0 bridgehead atoms. The van der Waals surface area contributed by atoms with Crippen LogP contribution in [0.4, 0.5) is 17.1 Å². The first kappa shape index (κ1) is 35.5. The number of rotatable bonds is 6. The number of para-hydroxylation sites is 1. The Bertz CT molecular complexity index is 3690. The van der Waals surface area contributed by atoms with E-state index in [1.165, 1.54) is 66.1 Å². The molecule has 0 atom stereocenters. The summed E-state index contributed by atoms with van der Waals surface area (Å²) in [7, 11) is 0. The van der Waals surface area contributed by atoms with Gasteiger partial charge in [0.2, 0.25) is 0 Å². The molecular weight excluding hydrogens is 763 g/mol. The molecule has 1 heterocycles. The van der Waals surface area contributed by atoms with E-state index in [4.69, 9.17) is 4.42 Å². The van der Waals surface area contributed by atoms with Crippen LogP contribution in [0.1, 0.15) is 22.3 Å². The smallest absolute Gasteiger partial charge is 0.143 e. The lowest BCUT2D eigenvalue weighted by atomic mass is 9.68. The predicted octanol–water partition coefficient (Wildman–Crippen LogP) is 16.5. The largest absolute Gasteiger partial charge is 0.455 e. The van der Waals surface area contributed by atoms with Crippen LogP contribution in [0.3, 0.4) is 0 Å². The highest BCUT2D eigenvalue weighted by Gasteiger charge is 2.47. The van der Waals surface area contributed by atoms with Crippen molar-refractivity contribution in [2.75, 3.05) is 4.90 Å². The fraction of sp³-hybridized carbons (Fsp3) is 0.0164. The molecule has 0 amide bonds. The number of benzene rings is 11. The molecule has 0 N–H and O–H groups in total. The molecule has 1 aromatic heterocycles. The van der Waals surface area contributed by atoms with Gasteiger partial charge in [-0.05, 0) is 96.9 Å². The minimum absolute atomic E-state index is 0.534. The predicted molar refractivity (Wildman–Crippen MR) is 264 cm³/mol. The molecule has 1 aliphatic carbocycles. The Morgan fingerprint density at radius 3 is 1.75 bits per heavy atom. The Morgan fingerprint density at radius 2 is 0.952 bits per heavy atom. The fourth-order valence-electron chi connectivity index (χ4n) is 10.8. The topological polar surface area (TPSA) is 16.4 Å². The summed E-state index contributed by atoms with van der Waals surface area (Å²) in [6.07, 6.45) is 0. The van der Waals surface area contributed by atoms with Crippen LogP contribution in [-0.4, -0.2) is 0 Å². The highest BCUT2D eigenvalue weighted by molar-refractivity contribution is 6.20. The minimum atomic E-state index is -0.534. The van der Waals surface area contributed by atoms with Crippen LogP contribution < -0.4 is 4.90 Å². The van der Waals surface area contributed by atoms with Gasteiger partial charge in [0.1, 0.15) is 11.2 Å². The zero-order chi connectivity index (χ0) is 41.5. The van der Waals surface area contributed by atoms with E-state index >= 15 is 0 Å². The van der Waals surface area contributed by atoms with E-state index in [2.05, 4.69) is 241 Å². The molecule has 0 radical (unpaired) electrons. The van der Waals surface area contributed by atoms with E-state index in [0.717, 1.165) is 49.8 Å². The van der Waals surface area contributed by atoms with E-state index in [9.17, 15) is 0 Å². The van der Waals surface area contributed by atoms with Crippen molar-refractivity contribution in [2.24, 2.45) is 0 Å². The third kappa shape index (κ3) is 5.25. The highest BCUT2D eigenvalue weighted by Crippen LogP contribution is 2.60. The van der Waals surface area contributed by atoms with Gasteiger partial charge in [-0.3, -0.25) is 0 Å². The monoisotopic (exact) mass is 801 g/mol. The second-order valence-corrected chi connectivity index (χ2v) is 16.7. The van der Waals surface area contributed by atoms with Crippen molar-refractivity contribution < 1.29 is 4.42 Å². The van der Waals surface area contributed by atoms with Crippen LogP contribution >= 0.6 is 0 Å². The van der Waals surface area contributed by atoms with Crippen LogP contribution in [-0.2, 0) is 5.41 Å². The molecule has 63 heavy (non-hydrogen) atoms. The molecule has 0 unspecified atom stereocenters. The van der Waals surface area contributed by atoms with Gasteiger partial charge in [0.25, 0.3) is 0 Å². The first-order valence-corrected chi connectivity index (χ1v) is 21.8. The SMILES string of the molecule is c1ccc(C2(c3ccccc3)c3ccccc3-c3c(N(c4ccc(-c5ccc6c(ccc7ccccc76)c5)cc4)c4cc5c6ccccc6oc5c5ccccc45)cccc32)cc1. The van der Waals surface area contributed by atoms with E-state index in [1.807, 2.05) is 0 Å². The summed E-state index contributed by atoms with van der Waals surface area (Å²) in [5, 5.41) is 9.46. The van der Waals surface area contributed by atoms with Gasteiger partial charge in [-0.1, -0.05) is 200 Å². The lowest BCUT2D eigenvalue weighted by molar-refractivity contribution is 0.672. The fourth-order valence-corrected chi connectivity index (χ4v) is 10.8. The van der Waals surface area contributed by atoms with Gasteiger partial charge in [-0.25, -0.2) is 0 Å². The van der Waals surface area contributed by atoms with Gasteiger partial charge in [-0.2, -0.15) is 0 Å². The van der Waals surface area contributed by atoms with E-state index in [0.29, 0.717) is 0 Å².